The lowest BCUT2D eigenvalue weighted by atomic mass is 10.2. The van der Waals surface area contributed by atoms with Gasteiger partial charge in [-0.1, -0.05) is 12.1 Å². The molecule has 136 valence electrons. The SMILES string of the molecule is CN(CC(=O)N1CCNCC1)Cc1ccc(OC(F)(F)F)cc1.Cl. The van der Waals surface area contributed by atoms with E-state index in [9.17, 15) is 18.0 Å². The quantitative estimate of drug-likeness (QED) is 0.863. The molecule has 0 atom stereocenters. The van der Waals surface area contributed by atoms with E-state index >= 15 is 0 Å². The van der Waals surface area contributed by atoms with Gasteiger partial charge in [-0.2, -0.15) is 0 Å². The van der Waals surface area contributed by atoms with Gasteiger partial charge >= 0.3 is 6.36 Å². The first-order valence-corrected chi connectivity index (χ1v) is 7.35. The molecule has 0 aromatic heterocycles. The Bertz CT molecular complexity index is 520. The molecule has 0 saturated carbocycles. The standard InChI is InChI=1S/C15H20F3N3O2.ClH/c1-20(11-14(22)21-8-6-19-7-9-21)10-12-2-4-13(5-3-12)23-15(16,17)18;/h2-5,19H,6-11H2,1H3;1H. The van der Waals surface area contributed by atoms with Crippen molar-refractivity contribution < 1.29 is 22.7 Å². The molecule has 1 aromatic carbocycles. The van der Waals surface area contributed by atoms with Crippen LogP contribution in [0, 0.1) is 0 Å². The third-order valence-electron chi connectivity index (χ3n) is 3.48. The maximum Gasteiger partial charge on any atom is 0.573 e. The number of likely N-dealkylation sites (N-methyl/N-ethyl adjacent to an activating group) is 1. The van der Waals surface area contributed by atoms with Gasteiger partial charge in [0.2, 0.25) is 5.91 Å². The zero-order chi connectivity index (χ0) is 16.9. The highest BCUT2D eigenvalue weighted by atomic mass is 35.5. The van der Waals surface area contributed by atoms with E-state index in [4.69, 9.17) is 0 Å². The largest absolute Gasteiger partial charge is 0.573 e. The summed E-state index contributed by atoms with van der Waals surface area (Å²) < 4.78 is 40.1. The Morgan fingerprint density at radius 2 is 1.83 bits per heavy atom. The Morgan fingerprint density at radius 3 is 2.38 bits per heavy atom. The van der Waals surface area contributed by atoms with Gasteiger partial charge < -0.3 is 15.0 Å². The zero-order valence-electron chi connectivity index (χ0n) is 13.3. The molecule has 5 nitrogen and oxygen atoms in total. The van der Waals surface area contributed by atoms with Gasteiger partial charge in [0.15, 0.2) is 0 Å². The first-order chi connectivity index (χ1) is 10.8. The normalized spacial score (nSPS) is 15.1. The Kier molecular flexibility index (Phi) is 7.78. The summed E-state index contributed by atoms with van der Waals surface area (Å²) in [7, 11) is 1.81. The van der Waals surface area contributed by atoms with Crippen LogP contribution in [0.4, 0.5) is 13.2 Å². The van der Waals surface area contributed by atoms with Crippen molar-refractivity contribution in [2.24, 2.45) is 0 Å². The van der Waals surface area contributed by atoms with E-state index < -0.39 is 6.36 Å². The highest BCUT2D eigenvalue weighted by molar-refractivity contribution is 5.85. The molecule has 1 aliphatic heterocycles. The number of nitrogens with one attached hydrogen (secondary N) is 1. The van der Waals surface area contributed by atoms with Crippen LogP contribution in [0.5, 0.6) is 5.75 Å². The monoisotopic (exact) mass is 367 g/mol. The van der Waals surface area contributed by atoms with Gasteiger partial charge in [0.25, 0.3) is 0 Å². The summed E-state index contributed by atoms with van der Waals surface area (Å²) in [5, 5.41) is 3.18. The number of nitrogens with zero attached hydrogens (tertiary/aromatic N) is 2. The fourth-order valence-corrected chi connectivity index (χ4v) is 2.41. The molecular formula is C15H21ClF3N3O2. The van der Waals surface area contributed by atoms with Crippen LogP contribution in [0.2, 0.25) is 0 Å². The van der Waals surface area contributed by atoms with Crippen LogP contribution in [0.3, 0.4) is 0 Å². The minimum Gasteiger partial charge on any atom is -0.406 e. The van der Waals surface area contributed by atoms with Crippen molar-refractivity contribution in [1.82, 2.24) is 15.1 Å². The van der Waals surface area contributed by atoms with Gasteiger partial charge in [-0.05, 0) is 24.7 Å². The van der Waals surface area contributed by atoms with Crippen molar-refractivity contribution >= 4 is 18.3 Å². The van der Waals surface area contributed by atoms with Crippen molar-refractivity contribution in [2.75, 3.05) is 39.8 Å². The molecule has 1 saturated heterocycles. The number of hydrogen-bond acceptors (Lipinski definition) is 4. The predicted molar refractivity (Wildman–Crippen MR) is 86.2 cm³/mol. The van der Waals surface area contributed by atoms with Crippen LogP contribution in [-0.4, -0.2) is 61.8 Å². The molecule has 0 spiro atoms. The molecule has 0 unspecified atom stereocenters. The Hall–Kier alpha value is -1.51. The minimum atomic E-state index is -4.69. The lowest BCUT2D eigenvalue weighted by Gasteiger charge is -2.29. The summed E-state index contributed by atoms with van der Waals surface area (Å²) in [6, 6.07) is 5.67. The number of hydrogen-bond donors (Lipinski definition) is 1. The van der Waals surface area contributed by atoms with Crippen LogP contribution in [0.1, 0.15) is 5.56 Å². The van der Waals surface area contributed by atoms with Gasteiger partial charge in [0.05, 0.1) is 6.54 Å². The second-order valence-electron chi connectivity index (χ2n) is 5.49. The van der Waals surface area contributed by atoms with Gasteiger partial charge in [-0.25, -0.2) is 0 Å². The van der Waals surface area contributed by atoms with E-state index in [-0.39, 0.29) is 30.6 Å². The number of rotatable bonds is 5. The summed E-state index contributed by atoms with van der Waals surface area (Å²) in [5.41, 5.74) is 0.815. The number of halogens is 4. The zero-order valence-corrected chi connectivity index (χ0v) is 14.1. The molecule has 0 bridgehead atoms. The average molecular weight is 368 g/mol. The lowest BCUT2D eigenvalue weighted by Crippen LogP contribution is -2.49. The molecule has 9 heteroatoms. The van der Waals surface area contributed by atoms with Crippen LogP contribution >= 0.6 is 12.4 Å². The van der Waals surface area contributed by atoms with Gasteiger partial charge in [0, 0.05) is 32.7 Å². The summed E-state index contributed by atoms with van der Waals surface area (Å²) in [6.07, 6.45) is -4.69. The molecule has 0 radical (unpaired) electrons. The van der Waals surface area contributed by atoms with E-state index in [1.54, 1.807) is 19.2 Å². The van der Waals surface area contributed by atoms with Crippen LogP contribution in [0.15, 0.2) is 24.3 Å². The number of amides is 1. The van der Waals surface area contributed by atoms with E-state index in [1.165, 1.54) is 12.1 Å². The Balaban J connectivity index is 0.00000288. The van der Waals surface area contributed by atoms with Crippen LogP contribution < -0.4 is 10.1 Å². The maximum absolute atomic E-state index is 12.1. The second-order valence-corrected chi connectivity index (χ2v) is 5.49. The number of ether oxygens (including phenoxy) is 1. The van der Waals surface area contributed by atoms with Crippen molar-refractivity contribution in [3.63, 3.8) is 0 Å². The van der Waals surface area contributed by atoms with E-state index in [0.717, 1.165) is 18.7 Å². The second kappa shape index (κ2) is 9.10. The number of carbonyl (C=O) groups is 1. The molecule has 24 heavy (non-hydrogen) atoms. The summed E-state index contributed by atoms with van der Waals surface area (Å²) in [4.78, 5) is 15.8. The topological polar surface area (TPSA) is 44.8 Å². The van der Waals surface area contributed by atoms with E-state index in [0.29, 0.717) is 19.6 Å². The van der Waals surface area contributed by atoms with Gasteiger partial charge in [-0.3, -0.25) is 9.69 Å². The average Bonchev–Trinajstić information content (AvgIpc) is 2.48. The highest BCUT2D eigenvalue weighted by Crippen LogP contribution is 2.22. The molecule has 1 aromatic rings. The van der Waals surface area contributed by atoms with Crippen molar-refractivity contribution in [3.05, 3.63) is 29.8 Å². The molecule has 2 rings (SSSR count). The third kappa shape index (κ3) is 6.94. The van der Waals surface area contributed by atoms with Crippen molar-refractivity contribution in [1.29, 1.82) is 0 Å². The predicted octanol–water partition coefficient (Wildman–Crippen LogP) is 1.87. The van der Waals surface area contributed by atoms with Crippen LogP contribution in [-0.2, 0) is 11.3 Å². The number of alkyl halides is 3. The minimum absolute atomic E-state index is 0. The van der Waals surface area contributed by atoms with Crippen molar-refractivity contribution in [3.8, 4) is 5.75 Å². The third-order valence-corrected chi connectivity index (χ3v) is 3.48. The Morgan fingerprint density at radius 1 is 1.25 bits per heavy atom. The molecule has 1 heterocycles. The number of carbonyl (C=O) groups excluding carboxylic acids is 1. The molecule has 1 fully saturated rings. The molecule has 1 N–H and O–H groups in total. The number of piperazine rings is 1. The summed E-state index contributed by atoms with van der Waals surface area (Å²) in [6.45, 7) is 3.77. The molecule has 1 aliphatic rings. The fourth-order valence-electron chi connectivity index (χ4n) is 2.41. The number of benzene rings is 1. The fraction of sp³-hybridized carbons (Fsp3) is 0.533. The van der Waals surface area contributed by atoms with Crippen molar-refractivity contribution in [2.45, 2.75) is 12.9 Å². The summed E-state index contributed by atoms with van der Waals surface area (Å²) >= 11 is 0. The molecule has 0 aliphatic carbocycles. The maximum atomic E-state index is 12.1. The Labute approximate surface area is 145 Å². The van der Waals surface area contributed by atoms with Gasteiger partial charge in [-0.15, -0.1) is 25.6 Å². The molecular weight excluding hydrogens is 347 g/mol. The summed E-state index contributed by atoms with van der Waals surface area (Å²) in [5.74, 6) is -0.188. The molecule has 1 amide bonds. The first-order valence-electron chi connectivity index (χ1n) is 7.35. The smallest absolute Gasteiger partial charge is 0.406 e. The van der Waals surface area contributed by atoms with Crippen LogP contribution in [0.25, 0.3) is 0 Å². The lowest BCUT2D eigenvalue weighted by molar-refractivity contribution is -0.274. The highest BCUT2D eigenvalue weighted by Gasteiger charge is 2.30. The van der Waals surface area contributed by atoms with E-state index in [2.05, 4.69) is 10.1 Å². The van der Waals surface area contributed by atoms with Gasteiger partial charge in [0.1, 0.15) is 5.75 Å². The van der Waals surface area contributed by atoms with E-state index in [1.807, 2.05) is 9.80 Å². The first kappa shape index (κ1) is 20.5.